The molecular weight excluding hydrogens is 326 g/mol. The number of hydrogen-bond acceptors (Lipinski definition) is 5. The van der Waals surface area contributed by atoms with Gasteiger partial charge in [0, 0.05) is 57.1 Å². The van der Waals surface area contributed by atoms with Crippen molar-refractivity contribution in [3.63, 3.8) is 0 Å². The summed E-state index contributed by atoms with van der Waals surface area (Å²) in [6, 6.07) is 6.49. The van der Waals surface area contributed by atoms with Crippen molar-refractivity contribution in [1.29, 1.82) is 0 Å². The third-order valence-electron chi connectivity index (χ3n) is 5.37. The summed E-state index contributed by atoms with van der Waals surface area (Å²) in [4.78, 5) is 6.71. The van der Waals surface area contributed by atoms with Crippen molar-refractivity contribution in [3.8, 4) is 5.75 Å². The van der Waals surface area contributed by atoms with Crippen LogP contribution in [-0.2, 0) is 0 Å². The quantitative estimate of drug-likeness (QED) is 0.821. The van der Waals surface area contributed by atoms with Gasteiger partial charge in [0.1, 0.15) is 5.75 Å². The Balaban J connectivity index is 1.49. The van der Waals surface area contributed by atoms with Crippen LogP contribution in [0.3, 0.4) is 0 Å². The van der Waals surface area contributed by atoms with E-state index in [1.54, 1.807) is 7.11 Å². The van der Waals surface area contributed by atoms with Crippen LogP contribution >= 0.6 is 0 Å². The highest BCUT2D eigenvalue weighted by atomic mass is 19.3. The zero-order valence-corrected chi connectivity index (χ0v) is 14.8. The smallest absolute Gasteiger partial charge is 0.251 e. The van der Waals surface area contributed by atoms with Crippen LogP contribution in [0.5, 0.6) is 5.75 Å². The summed E-state index contributed by atoms with van der Waals surface area (Å²) in [6.45, 7) is 5.19. The third-order valence-corrected chi connectivity index (χ3v) is 5.37. The number of halogens is 2. The van der Waals surface area contributed by atoms with E-state index in [9.17, 15) is 8.78 Å². The van der Waals surface area contributed by atoms with Gasteiger partial charge < -0.3 is 15.4 Å². The summed E-state index contributed by atoms with van der Waals surface area (Å²) in [6.07, 6.45) is -0.0324. The second kappa shape index (κ2) is 8.19. The van der Waals surface area contributed by atoms with Crippen molar-refractivity contribution in [2.24, 2.45) is 0 Å². The number of alkyl halides is 2. The van der Waals surface area contributed by atoms with Crippen LogP contribution in [0.1, 0.15) is 12.8 Å². The molecule has 2 aliphatic rings. The Bertz CT molecular complexity index is 556. The number of ether oxygens (including phenoxy) is 1. The molecular formula is C18H28F2N4O. The zero-order valence-electron chi connectivity index (χ0n) is 14.8. The fraction of sp³-hybridized carbons (Fsp3) is 0.667. The van der Waals surface area contributed by atoms with Crippen LogP contribution in [0.2, 0.25) is 0 Å². The molecule has 1 aromatic carbocycles. The molecule has 2 saturated heterocycles. The van der Waals surface area contributed by atoms with E-state index in [2.05, 4.69) is 9.80 Å². The van der Waals surface area contributed by atoms with Gasteiger partial charge in [0.15, 0.2) is 0 Å². The predicted octanol–water partition coefficient (Wildman–Crippen LogP) is 2.13. The topological polar surface area (TPSA) is 45.0 Å². The minimum Gasteiger partial charge on any atom is -0.495 e. The minimum atomic E-state index is -2.23. The number of anilines is 2. The largest absolute Gasteiger partial charge is 0.495 e. The van der Waals surface area contributed by atoms with E-state index in [0.717, 1.165) is 63.5 Å². The molecule has 0 bridgehead atoms. The second-order valence-electron chi connectivity index (χ2n) is 6.87. The number of piperazine rings is 1. The Morgan fingerprint density at radius 2 is 1.80 bits per heavy atom. The SMILES string of the molecule is COc1cc(N2CCC(N3CCN(CC(F)F)CC3)CC2)ccc1N. The van der Waals surface area contributed by atoms with Crippen LogP contribution in [0.15, 0.2) is 18.2 Å². The van der Waals surface area contributed by atoms with Gasteiger partial charge in [0.25, 0.3) is 6.43 Å². The van der Waals surface area contributed by atoms with Gasteiger partial charge in [-0.3, -0.25) is 9.80 Å². The number of benzene rings is 1. The number of hydrogen-bond donors (Lipinski definition) is 1. The fourth-order valence-corrected chi connectivity index (χ4v) is 3.89. The first kappa shape index (κ1) is 18.2. The maximum Gasteiger partial charge on any atom is 0.251 e. The van der Waals surface area contributed by atoms with Gasteiger partial charge in [0.05, 0.1) is 19.3 Å². The number of rotatable bonds is 5. The van der Waals surface area contributed by atoms with Crippen molar-refractivity contribution in [2.75, 3.05) is 63.6 Å². The summed E-state index contributed by atoms with van der Waals surface area (Å²) in [5.41, 5.74) is 7.69. The van der Waals surface area contributed by atoms with E-state index in [4.69, 9.17) is 10.5 Å². The molecule has 25 heavy (non-hydrogen) atoms. The molecule has 140 valence electrons. The lowest BCUT2D eigenvalue weighted by atomic mass is 10.0. The average molecular weight is 354 g/mol. The fourth-order valence-electron chi connectivity index (χ4n) is 3.89. The molecule has 0 saturated carbocycles. The number of nitrogens with two attached hydrogens (primary N) is 1. The van der Waals surface area contributed by atoms with E-state index in [0.29, 0.717) is 11.7 Å². The standard InChI is InChI=1S/C18H28F2N4O/c1-25-17-12-15(2-3-16(17)21)23-6-4-14(5-7-23)24-10-8-22(9-11-24)13-18(19)20/h2-3,12,14,18H,4-11,13,21H2,1H3. The molecule has 0 aliphatic carbocycles. The highest BCUT2D eigenvalue weighted by molar-refractivity contribution is 5.62. The number of piperidine rings is 1. The van der Waals surface area contributed by atoms with Gasteiger partial charge in [-0.25, -0.2) is 8.78 Å². The van der Waals surface area contributed by atoms with Gasteiger partial charge in [-0.2, -0.15) is 0 Å². The lowest BCUT2D eigenvalue weighted by Gasteiger charge is -2.43. The van der Waals surface area contributed by atoms with Crippen LogP contribution in [0, 0.1) is 0 Å². The molecule has 3 rings (SSSR count). The molecule has 2 aliphatic heterocycles. The van der Waals surface area contributed by atoms with Gasteiger partial charge in [-0.1, -0.05) is 0 Å². The number of nitrogens with zero attached hydrogens (tertiary/aromatic N) is 3. The van der Waals surface area contributed by atoms with Gasteiger partial charge in [-0.15, -0.1) is 0 Å². The van der Waals surface area contributed by atoms with E-state index in [-0.39, 0.29) is 6.54 Å². The highest BCUT2D eigenvalue weighted by Crippen LogP contribution is 2.30. The molecule has 7 heteroatoms. The molecule has 2 fully saturated rings. The van der Waals surface area contributed by atoms with Crippen molar-refractivity contribution < 1.29 is 13.5 Å². The molecule has 5 nitrogen and oxygen atoms in total. The van der Waals surface area contributed by atoms with Crippen molar-refractivity contribution in [3.05, 3.63) is 18.2 Å². The Labute approximate surface area is 148 Å². The molecule has 2 heterocycles. The Kier molecular flexibility index (Phi) is 5.96. The van der Waals surface area contributed by atoms with E-state index >= 15 is 0 Å². The van der Waals surface area contributed by atoms with Crippen molar-refractivity contribution in [1.82, 2.24) is 9.80 Å². The number of nitrogen functional groups attached to an aromatic ring is 1. The lowest BCUT2D eigenvalue weighted by molar-refractivity contribution is 0.0392. The zero-order chi connectivity index (χ0) is 17.8. The first-order chi connectivity index (χ1) is 12.1. The summed E-state index contributed by atoms with van der Waals surface area (Å²) in [5, 5.41) is 0. The molecule has 0 unspecified atom stereocenters. The van der Waals surface area contributed by atoms with E-state index in [1.807, 2.05) is 23.1 Å². The molecule has 0 atom stereocenters. The van der Waals surface area contributed by atoms with Gasteiger partial charge in [0.2, 0.25) is 0 Å². The van der Waals surface area contributed by atoms with Gasteiger partial charge in [-0.05, 0) is 25.0 Å². The monoisotopic (exact) mass is 354 g/mol. The van der Waals surface area contributed by atoms with E-state index < -0.39 is 6.43 Å². The van der Waals surface area contributed by atoms with Crippen LogP contribution in [-0.4, -0.2) is 75.2 Å². The Morgan fingerprint density at radius 3 is 2.40 bits per heavy atom. The van der Waals surface area contributed by atoms with Crippen molar-refractivity contribution >= 4 is 11.4 Å². The normalized spacial score (nSPS) is 21.0. The summed E-state index contributed by atoms with van der Waals surface area (Å²) < 4.78 is 30.3. The average Bonchev–Trinajstić information content (AvgIpc) is 2.62. The highest BCUT2D eigenvalue weighted by Gasteiger charge is 2.28. The predicted molar refractivity (Wildman–Crippen MR) is 96.7 cm³/mol. The summed E-state index contributed by atoms with van der Waals surface area (Å²) in [5.74, 6) is 0.717. The molecule has 1 aromatic rings. The minimum absolute atomic E-state index is 0.0920. The Morgan fingerprint density at radius 1 is 1.12 bits per heavy atom. The van der Waals surface area contributed by atoms with E-state index in [1.165, 1.54) is 0 Å². The number of methoxy groups -OCH3 is 1. The van der Waals surface area contributed by atoms with Crippen LogP contribution in [0.25, 0.3) is 0 Å². The Hall–Kier alpha value is -1.60. The molecule has 2 N–H and O–H groups in total. The lowest BCUT2D eigenvalue weighted by Crippen LogP contribution is -2.53. The maximum atomic E-state index is 12.5. The van der Waals surface area contributed by atoms with Crippen molar-refractivity contribution in [2.45, 2.75) is 25.3 Å². The second-order valence-corrected chi connectivity index (χ2v) is 6.87. The molecule has 0 radical (unpaired) electrons. The third kappa shape index (κ3) is 4.52. The maximum absolute atomic E-state index is 12.5. The molecule has 0 amide bonds. The first-order valence-electron chi connectivity index (χ1n) is 9.00. The van der Waals surface area contributed by atoms with Gasteiger partial charge >= 0.3 is 0 Å². The molecule has 0 aromatic heterocycles. The van der Waals surface area contributed by atoms with Crippen LogP contribution < -0.4 is 15.4 Å². The first-order valence-corrected chi connectivity index (χ1v) is 9.00. The van der Waals surface area contributed by atoms with Crippen LogP contribution in [0.4, 0.5) is 20.2 Å². The summed E-state index contributed by atoms with van der Waals surface area (Å²) >= 11 is 0. The molecule has 0 spiro atoms. The summed E-state index contributed by atoms with van der Waals surface area (Å²) in [7, 11) is 1.63.